The van der Waals surface area contributed by atoms with Crippen molar-refractivity contribution in [3.63, 3.8) is 0 Å². The summed E-state index contributed by atoms with van der Waals surface area (Å²) in [5, 5.41) is 9.26. The Morgan fingerprint density at radius 3 is 2.30 bits per heavy atom. The minimum atomic E-state index is -0.222. The molecule has 0 aliphatic heterocycles. The van der Waals surface area contributed by atoms with Gasteiger partial charge in [-0.3, -0.25) is 0 Å². The first-order valence-electron chi connectivity index (χ1n) is 4.05. The van der Waals surface area contributed by atoms with Gasteiger partial charge >= 0.3 is 0 Å². The van der Waals surface area contributed by atoms with Gasteiger partial charge in [0.25, 0.3) is 0 Å². The molecule has 1 fully saturated rings. The van der Waals surface area contributed by atoms with E-state index in [1.54, 1.807) is 0 Å². The second-order valence-electron chi connectivity index (χ2n) is 3.52. The van der Waals surface area contributed by atoms with Crippen LogP contribution in [0.25, 0.3) is 0 Å². The Bertz CT molecular complexity index is 114. The average Bonchev–Trinajstić information content (AvgIpc) is 2.48. The molecule has 0 aromatic heterocycles. The third kappa shape index (κ3) is 1.50. The van der Waals surface area contributed by atoms with Crippen molar-refractivity contribution in [1.82, 2.24) is 0 Å². The SMILES string of the molecule is C[C@H](O)C(CN)[C@@H]1C[C@H]1C. The van der Waals surface area contributed by atoms with E-state index in [0.29, 0.717) is 18.4 Å². The van der Waals surface area contributed by atoms with E-state index in [1.165, 1.54) is 6.42 Å². The molecule has 0 heterocycles. The van der Waals surface area contributed by atoms with Gasteiger partial charge in [-0.25, -0.2) is 0 Å². The molecule has 2 nitrogen and oxygen atoms in total. The number of hydrogen-bond acceptors (Lipinski definition) is 2. The van der Waals surface area contributed by atoms with Gasteiger partial charge in [0.2, 0.25) is 0 Å². The Balaban J connectivity index is 2.34. The van der Waals surface area contributed by atoms with Crippen molar-refractivity contribution in [2.24, 2.45) is 23.5 Å². The van der Waals surface area contributed by atoms with Crippen LogP contribution in [-0.2, 0) is 0 Å². The first-order valence-corrected chi connectivity index (χ1v) is 4.05. The van der Waals surface area contributed by atoms with Crippen molar-refractivity contribution in [3.8, 4) is 0 Å². The van der Waals surface area contributed by atoms with E-state index in [2.05, 4.69) is 6.92 Å². The summed E-state index contributed by atoms with van der Waals surface area (Å²) < 4.78 is 0. The third-order valence-electron chi connectivity index (χ3n) is 2.61. The molecule has 0 amide bonds. The predicted octanol–water partition coefficient (Wildman–Crippen LogP) is 0.598. The van der Waals surface area contributed by atoms with Gasteiger partial charge in [-0.15, -0.1) is 0 Å². The van der Waals surface area contributed by atoms with Gasteiger partial charge in [-0.05, 0) is 37.6 Å². The van der Waals surface area contributed by atoms with Crippen LogP contribution in [0.3, 0.4) is 0 Å². The molecule has 10 heavy (non-hydrogen) atoms. The molecule has 0 bridgehead atoms. The number of aliphatic hydroxyl groups is 1. The zero-order valence-electron chi connectivity index (χ0n) is 6.75. The summed E-state index contributed by atoms with van der Waals surface area (Å²) >= 11 is 0. The zero-order chi connectivity index (χ0) is 7.72. The maximum absolute atomic E-state index is 9.26. The molecular weight excluding hydrogens is 126 g/mol. The molecule has 2 heteroatoms. The minimum absolute atomic E-state index is 0.222. The van der Waals surface area contributed by atoms with Crippen molar-refractivity contribution >= 4 is 0 Å². The fourth-order valence-corrected chi connectivity index (χ4v) is 1.68. The molecule has 3 N–H and O–H groups in total. The van der Waals surface area contributed by atoms with Gasteiger partial charge in [-0.2, -0.15) is 0 Å². The van der Waals surface area contributed by atoms with E-state index in [9.17, 15) is 5.11 Å². The Labute approximate surface area is 62.4 Å². The van der Waals surface area contributed by atoms with Crippen molar-refractivity contribution in [2.75, 3.05) is 6.54 Å². The second-order valence-corrected chi connectivity index (χ2v) is 3.52. The number of hydrogen-bond donors (Lipinski definition) is 2. The maximum atomic E-state index is 9.26. The summed E-state index contributed by atoms with van der Waals surface area (Å²) in [6.45, 7) is 4.69. The van der Waals surface area contributed by atoms with Crippen LogP contribution in [0.5, 0.6) is 0 Å². The van der Waals surface area contributed by atoms with Crippen LogP contribution in [0.1, 0.15) is 20.3 Å². The van der Waals surface area contributed by atoms with E-state index in [1.807, 2.05) is 6.92 Å². The van der Waals surface area contributed by atoms with Crippen molar-refractivity contribution in [2.45, 2.75) is 26.4 Å². The number of aliphatic hydroxyl groups excluding tert-OH is 1. The van der Waals surface area contributed by atoms with Crippen LogP contribution < -0.4 is 5.73 Å². The fourth-order valence-electron chi connectivity index (χ4n) is 1.68. The van der Waals surface area contributed by atoms with Crippen LogP contribution in [0.4, 0.5) is 0 Å². The second kappa shape index (κ2) is 2.89. The van der Waals surface area contributed by atoms with Gasteiger partial charge in [0.05, 0.1) is 6.10 Å². The molecule has 1 aliphatic rings. The van der Waals surface area contributed by atoms with Crippen LogP contribution in [-0.4, -0.2) is 17.8 Å². The first-order chi connectivity index (χ1) is 4.66. The van der Waals surface area contributed by atoms with E-state index in [0.717, 1.165) is 5.92 Å². The van der Waals surface area contributed by atoms with E-state index in [-0.39, 0.29) is 6.10 Å². The van der Waals surface area contributed by atoms with Gasteiger partial charge in [0, 0.05) is 0 Å². The number of rotatable bonds is 3. The molecule has 0 radical (unpaired) electrons. The quantitative estimate of drug-likeness (QED) is 0.607. The lowest BCUT2D eigenvalue weighted by atomic mass is 9.97. The summed E-state index contributed by atoms with van der Waals surface area (Å²) in [4.78, 5) is 0. The molecule has 1 aliphatic carbocycles. The summed E-state index contributed by atoms with van der Waals surface area (Å²) in [6, 6.07) is 0. The molecule has 4 atom stereocenters. The summed E-state index contributed by atoms with van der Waals surface area (Å²) in [5.41, 5.74) is 5.52. The molecule has 1 saturated carbocycles. The lowest BCUT2D eigenvalue weighted by Crippen LogP contribution is -2.27. The van der Waals surface area contributed by atoms with Crippen molar-refractivity contribution in [3.05, 3.63) is 0 Å². The van der Waals surface area contributed by atoms with Crippen LogP contribution in [0.2, 0.25) is 0 Å². The van der Waals surface area contributed by atoms with Crippen molar-refractivity contribution in [1.29, 1.82) is 0 Å². The predicted molar refractivity (Wildman–Crippen MR) is 41.5 cm³/mol. The van der Waals surface area contributed by atoms with Gasteiger partial charge in [0.15, 0.2) is 0 Å². The van der Waals surface area contributed by atoms with Gasteiger partial charge in [-0.1, -0.05) is 6.92 Å². The third-order valence-corrected chi connectivity index (χ3v) is 2.61. The lowest BCUT2D eigenvalue weighted by Gasteiger charge is -2.16. The van der Waals surface area contributed by atoms with Crippen LogP contribution in [0.15, 0.2) is 0 Å². The molecule has 1 unspecified atom stereocenters. The largest absolute Gasteiger partial charge is 0.393 e. The highest BCUT2D eigenvalue weighted by Gasteiger charge is 2.40. The standard InChI is InChI=1S/C8H17NO/c1-5-3-7(5)8(4-9)6(2)10/h5-8,10H,3-4,9H2,1-2H3/t5-,6+,7-,8?/m1/s1. The van der Waals surface area contributed by atoms with E-state index in [4.69, 9.17) is 5.73 Å². The molecule has 0 spiro atoms. The molecule has 1 rings (SSSR count). The topological polar surface area (TPSA) is 46.2 Å². The van der Waals surface area contributed by atoms with Crippen molar-refractivity contribution < 1.29 is 5.11 Å². The fraction of sp³-hybridized carbons (Fsp3) is 1.00. The summed E-state index contributed by atoms with van der Waals surface area (Å²) in [5.74, 6) is 1.84. The Morgan fingerprint density at radius 1 is 1.70 bits per heavy atom. The Morgan fingerprint density at radius 2 is 2.20 bits per heavy atom. The highest BCUT2D eigenvalue weighted by atomic mass is 16.3. The lowest BCUT2D eigenvalue weighted by molar-refractivity contribution is 0.114. The summed E-state index contributed by atoms with van der Waals surface area (Å²) in [7, 11) is 0. The Kier molecular flexibility index (Phi) is 2.32. The van der Waals surface area contributed by atoms with E-state index >= 15 is 0 Å². The van der Waals surface area contributed by atoms with Crippen LogP contribution >= 0.6 is 0 Å². The zero-order valence-corrected chi connectivity index (χ0v) is 6.75. The van der Waals surface area contributed by atoms with Crippen LogP contribution in [0, 0.1) is 17.8 Å². The Hall–Kier alpha value is -0.0800. The normalized spacial score (nSPS) is 37.2. The average molecular weight is 143 g/mol. The maximum Gasteiger partial charge on any atom is 0.0555 e. The monoisotopic (exact) mass is 143 g/mol. The van der Waals surface area contributed by atoms with Gasteiger partial charge in [0.1, 0.15) is 0 Å². The van der Waals surface area contributed by atoms with Gasteiger partial charge < -0.3 is 10.8 Å². The number of nitrogens with two attached hydrogens (primary N) is 1. The molecular formula is C8H17NO. The minimum Gasteiger partial charge on any atom is -0.393 e. The molecule has 60 valence electrons. The van der Waals surface area contributed by atoms with E-state index < -0.39 is 0 Å². The highest BCUT2D eigenvalue weighted by molar-refractivity contribution is 4.90. The summed E-state index contributed by atoms with van der Waals surface area (Å²) in [6.07, 6.45) is 1.03. The molecule has 0 aromatic carbocycles. The highest BCUT2D eigenvalue weighted by Crippen LogP contribution is 2.44. The molecule has 0 saturated heterocycles. The smallest absolute Gasteiger partial charge is 0.0555 e. The molecule has 0 aromatic rings. The first kappa shape index (κ1) is 8.02.